The van der Waals surface area contributed by atoms with Gasteiger partial charge in [-0.25, -0.2) is 0 Å². The van der Waals surface area contributed by atoms with E-state index in [9.17, 15) is 0 Å². The first-order valence-electron chi connectivity index (χ1n) is 3.36. The normalized spacial score (nSPS) is 16.4. The van der Waals surface area contributed by atoms with E-state index in [1.807, 2.05) is 18.4 Å². The third-order valence-corrected chi connectivity index (χ3v) is 3.28. The van der Waals surface area contributed by atoms with Crippen molar-refractivity contribution in [2.75, 3.05) is 0 Å². The second-order valence-corrected chi connectivity index (χ2v) is 4.41. The number of thiophene rings is 1. The second-order valence-electron chi connectivity index (χ2n) is 2.55. The molecule has 1 aromatic rings. The third kappa shape index (κ3) is 2.27. The third-order valence-electron chi connectivity index (χ3n) is 1.48. The molecule has 0 aliphatic heterocycles. The van der Waals surface area contributed by atoms with Crippen LogP contribution in [0.2, 0.25) is 0 Å². The van der Waals surface area contributed by atoms with Gasteiger partial charge in [-0.05, 0) is 28.9 Å². The van der Waals surface area contributed by atoms with Crippen molar-refractivity contribution >= 4 is 27.3 Å². The van der Waals surface area contributed by atoms with Crippen LogP contribution < -0.4 is 11.5 Å². The van der Waals surface area contributed by atoms with Crippen molar-refractivity contribution in [2.45, 2.75) is 19.0 Å². The summed E-state index contributed by atoms with van der Waals surface area (Å²) in [6, 6.07) is 1.99. The van der Waals surface area contributed by atoms with Crippen molar-refractivity contribution in [3.63, 3.8) is 0 Å². The maximum absolute atomic E-state index is 5.82. The fraction of sp³-hybridized carbons (Fsp3) is 0.429. The van der Waals surface area contributed by atoms with E-state index in [0.29, 0.717) is 0 Å². The SMILES string of the molecule is CC(N)C(N)c1cc(Br)cs1. The highest BCUT2D eigenvalue weighted by Crippen LogP contribution is 2.25. The Hall–Kier alpha value is 0.1000. The molecule has 0 aliphatic rings. The van der Waals surface area contributed by atoms with E-state index < -0.39 is 0 Å². The Morgan fingerprint density at radius 1 is 1.55 bits per heavy atom. The summed E-state index contributed by atoms with van der Waals surface area (Å²) in [6.45, 7) is 1.91. The quantitative estimate of drug-likeness (QED) is 0.821. The van der Waals surface area contributed by atoms with E-state index in [0.717, 1.165) is 9.35 Å². The Balaban J connectivity index is 2.76. The minimum absolute atomic E-state index is 0.0144. The van der Waals surface area contributed by atoms with Crippen LogP contribution in [-0.4, -0.2) is 6.04 Å². The van der Waals surface area contributed by atoms with Crippen LogP contribution in [0.15, 0.2) is 15.9 Å². The Bertz CT molecular complexity index is 234. The molecule has 1 heterocycles. The van der Waals surface area contributed by atoms with E-state index in [1.165, 1.54) is 0 Å². The Morgan fingerprint density at radius 2 is 2.18 bits per heavy atom. The van der Waals surface area contributed by atoms with Gasteiger partial charge in [0.25, 0.3) is 0 Å². The van der Waals surface area contributed by atoms with E-state index in [-0.39, 0.29) is 12.1 Å². The molecule has 0 saturated heterocycles. The summed E-state index contributed by atoms with van der Waals surface area (Å²) in [5, 5.41) is 2.01. The fourth-order valence-corrected chi connectivity index (χ4v) is 2.32. The van der Waals surface area contributed by atoms with Crippen molar-refractivity contribution in [3.05, 3.63) is 20.8 Å². The highest BCUT2D eigenvalue weighted by atomic mass is 79.9. The van der Waals surface area contributed by atoms with Crippen LogP contribution in [0, 0.1) is 0 Å². The molecular formula is C7H11BrN2S. The van der Waals surface area contributed by atoms with Crippen molar-refractivity contribution in [3.8, 4) is 0 Å². The Kier molecular flexibility index (Phi) is 3.06. The van der Waals surface area contributed by atoms with Gasteiger partial charge in [-0.3, -0.25) is 0 Å². The molecule has 62 valence electrons. The standard InChI is InChI=1S/C7H11BrN2S/c1-4(9)7(10)6-2-5(8)3-11-6/h2-4,7H,9-10H2,1H3. The van der Waals surface area contributed by atoms with Crippen molar-refractivity contribution in [1.82, 2.24) is 0 Å². The zero-order valence-corrected chi connectivity index (χ0v) is 8.65. The molecule has 2 unspecified atom stereocenters. The van der Waals surface area contributed by atoms with Crippen LogP contribution >= 0.6 is 27.3 Å². The number of halogens is 1. The van der Waals surface area contributed by atoms with Gasteiger partial charge in [0.05, 0.1) is 6.04 Å². The number of rotatable bonds is 2. The van der Waals surface area contributed by atoms with Crippen LogP contribution in [0.3, 0.4) is 0 Å². The van der Waals surface area contributed by atoms with E-state index in [2.05, 4.69) is 15.9 Å². The highest BCUT2D eigenvalue weighted by molar-refractivity contribution is 9.10. The maximum atomic E-state index is 5.82. The van der Waals surface area contributed by atoms with Crippen LogP contribution in [0.25, 0.3) is 0 Å². The first kappa shape index (κ1) is 9.19. The minimum Gasteiger partial charge on any atom is -0.326 e. The summed E-state index contributed by atoms with van der Waals surface area (Å²) in [5.74, 6) is 0. The Labute approximate surface area is 78.7 Å². The van der Waals surface area contributed by atoms with Crippen LogP contribution in [0.4, 0.5) is 0 Å². The Morgan fingerprint density at radius 3 is 2.55 bits per heavy atom. The molecular weight excluding hydrogens is 224 g/mol. The zero-order valence-electron chi connectivity index (χ0n) is 6.25. The van der Waals surface area contributed by atoms with Gasteiger partial charge in [0, 0.05) is 20.8 Å². The first-order chi connectivity index (χ1) is 5.11. The lowest BCUT2D eigenvalue weighted by Gasteiger charge is -2.12. The molecule has 0 bridgehead atoms. The summed E-state index contributed by atoms with van der Waals surface area (Å²) in [4.78, 5) is 1.13. The van der Waals surface area contributed by atoms with Gasteiger partial charge in [-0.15, -0.1) is 11.3 Å². The molecule has 0 aliphatic carbocycles. The molecule has 0 fully saturated rings. The van der Waals surface area contributed by atoms with Gasteiger partial charge in [0.1, 0.15) is 0 Å². The van der Waals surface area contributed by atoms with Crippen molar-refractivity contribution in [1.29, 1.82) is 0 Å². The summed E-state index contributed by atoms with van der Waals surface area (Å²) in [5.41, 5.74) is 11.5. The smallest absolute Gasteiger partial charge is 0.0541 e. The molecule has 4 N–H and O–H groups in total. The molecule has 4 heteroatoms. The predicted molar refractivity (Wildman–Crippen MR) is 52.6 cm³/mol. The van der Waals surface area contributed by atoms with Gasteiger partial charge in [-0.1, -0.05) is 0 Å². The molecule has 0 radical (unpaired) electrons. The lowest BCUT2D eigenvalue weighted by molar-refractivity contribution is 0.598. The number of hydrogen-bond donors (Lipinski definition) is 2. The van der Waals surface area contributed by atoms with Crippen molar-refractivity contribution < 1.29 is 0 Å². The van der Waals surface area contributed by atoms with Crippen LogP contribution in [-0.2, 0) is 0 Å². The maximum Gasteiger partial charge on any atom is 0.0541 e. The summed E-state index contributed by atoms with van der Waals surface area (Å²) in [7, 11) is 0. The monoisotopic (exact) mass is 234 g/mol. The first-order valence-corrected chi connectivity index (χ1v) is 5.03. The van der Waals surface area contributed by atoms with E-state index >= 15 is 0 Å². The molecule has 1 rings (SSSR count). The average Bonchev–Trinajstić information content (AvgIpc) is 2.34. The highest BCUT2D eigenvalue weighted by Gasteiger charge is 2.11. The van der Waals surface area contributed by atoms with Crippen LogP contribution in [0.5, 0.6) is 0 Å². The molecule has 0 amide bonds. The topological polar surface area (TPSA) is 52.0 Å². The lowest BCUT2D eigenvalue weighted by atomic mass is 10.1. The van der Waals surface area contributed by atoms with Gasteiger partial charge in [0.15, 0.2) is 0 Å². The molecule has 2 nitrogen and oxygen atoms in total. The molecule has 1 aromatic heterocycles. The molecule has 0 aromatic carbocycles. The fourth-order valence-electron chi connectivity index (χ4n) is 0.762. The molecule has 11 heavy (non-hydrogen) atoms. The zero-order chi connectivity index (χ0) is 8.43. The van der Waals surface area contributed by atoms with Crippen molar-refractivity contribution in [2.24, 2.45) is 11.5 Å². The second kappa shape index (κ2) is 3.67. The number of nitrogens with two attached hydrogens (primary N) is 2. The minimum atomic E-state index is -0.0358. The summed E-state index contributed by atoms with van der Waals surface area (Å²) < 4.78 is 1.08. The van der Waals surface area contributed by atoms with E-state index in [4.69, 9.17) is 11.5 Å². The summed E-state index contributed by atoms with van der Waals surface area (Å²) >= 11 is 5.00. The average molecular weight is 235 g/mol. The predicted octanol–water partition coefficient (Wildman–Crippen LogP) is 1.86. The number of hydrogen-bond acceptors (Lipinski definition) is 3. The van der Waals surface area contributed by atoms with E-state index in [1.54, 1.807) is 11.3 Å². The lowest BCUT2D eigenvalue weighted by Crippen LogP contribution is -2.30. The van der Waals surface area contributed by atoms with Gasteiger partial charge >= 0.3 is 0 Å². The molecule has 0 spiro atoms. The van der Waals surface area contributed by atoms with Gasteiger partial charge < -0.3 is 11.5 Å². The van der Waals surface area contributed by atoms with Gasteiger partial charge in [-0.2, -0.15) is 0 Å². The molecule has 0 saturated carbocycles. The largest absolute Gasteiger partial charge is 0.326 e. The molecule has 2 atom stereocenters. The van der Waals surface area contributed by atoms with Gasteiger partial charge in [0.2, 0.25) is 0 Å². The van der Waals surface area contributed by atoms with Crippen LogP contribution in [0.1, 0.15) is 17.8 Å². The summed E-state index contributed by atoms with van der Waals surface area (Å²) in [6.07, 6.45) is 0.